The molecule has 0 spiro atoms. The summed E-state index contributed by atoms with van der Waals surface area (Å²) in [7, 11) is 0. The Balaban J connectivity index is 1.16. The predicted octanol–water partition coefficient (Wildman–Crippen LogP) is 5.34. The van der Waals surface area contributed by atoms with Crippen LogP contribution in [-0.2, 0) is 28.3 Å². The topological polar surface area (TPSA) is 127 Å². The molecule has 2 amide bonds. The minimum absolute atomic E-state index is 0.307. The maximum atomic E-state index is 13.2. The lowest BCUT2D eigenvalue weighted by molar-refractivity contribution is -0.143. The Kier molecular flexibility index (Phi) is 8.46. The van der Waals surface area contributed by atoms with E-state index in [4.69, 9.17) is 25.4 Å². The van der Waals surface area contributed by atoms with Crippen LogP contribution in [0.3, 0.4) is 0 Å². The number of hydrogen-bond acceptors (Lipinski definition) is 7. The molecule has 4 aromatic carbocycles. The van der Waals surface area contributed by atoms with Gasteiger partial charge in [-0.25, -0.2) is 10.5 Å². The number of nitrogens with one attached hydrogen (secondary N) is 1. The van der Waals surface area contributed by atoms with Gasteiger partial charge in [0.2, 0.25) is 5.91 Å². The molecule has 4 N–H and O–H groups in total. The maximum absolute atomic E-state index is 13.2. The zero-order chi connectivity index (χ0) is 31.4. The van der Waals surface area contributed by atoms with E-state index in [0.29, 0.717) is 37.5 Å². The first-order chi connectivity index (χ1) is 21.9. The predicted molar refractivity (Wildman–Crippen MR) is 170 cm³/mol. The van der Waals surface area contributed by atoms with Gasteiger partial charge in [-0.05, 0) is 73.0 Å². The van der Waals surface area contributed by atoms with Crippen molar-refractivity contribution in [1.82, 2.24) is 15.4 Å². The number of carbonyl (C=O) groups excluding carboxylic acids is 2. The lowest BCUT2D eigenvalue weighted by Crippen LogP contribution is -2.50. The van der Waals surface area contributed by atoms with Crippen LogP contribution >= 0.6 is 0 Å². The first-order valence-corrected chi connectivity index (χ1v) is 14.8. The summed E-state index contributed by atoms with van der Waals surface area (Å²) in [6.07, 6.45) is 0.348. The molecule has 1 saturated heterocycles. The van der Waals surface area contributed by atoms with Crippen molar-refractivity contribution in [2.45, 2.75) is 38.1 Å². The van der Waals surface area contributed by atoms with Crippen LogP contribution in [-0.4, -0.2) is 39.5 Å². The summed E-state index contributed by atoms with van der Waals surface area (Å²) in [5, 5.41) is 9.96. The van der Waals surface area contributed by atoms with Gasteiger partial charge in [0.25, 0.3) is 5.91 Å². The van der Waals surface area contributed by atoms with Gasteiger partial charge in [0.05, 0.1) is 11.2 Å². The number of amides is 2. The molecule has 1 aliphatic rings. The molecule has 0 bridgehead atoms. The van der Waals surface area contributed by atoms with E-state index in [2.05, 4.69) is 0 Å². The number of aromatic nitrogens is 1. The Hall–Kier alpha value is -5.25. The van der Waals surface area contributed by atoms with Gasteiger partial charge in [0, 0.05) is 23.1 Å². The maximum Gasteiger partial charge on any atom is 0.265 e. The largest absolute Gasteiger partial charge is 0.489 e. The normalized spacial score (nSPS) is 16.9. The van der Waals surface area contributed by atoms with E-state index in [0.717, 1.165) is 39.0 Å². The van der Waals surface area contributed by atoms with Crippen molar-refractivity contribution in [1.29, 1.82) is 0 Å². The minimum Gasteiger partial charge on any atom is -0.489 e. The van der Waals surface area contributed by atoms with Gasteiger partial charge in [0.1, 0.15) is 36.3 Å². The fourth-order valence-corrected chi connectivity index (χ4v) is 5.62. The molecule has 1 fully saturated rings. The van der Waals surface area contributed by atoms with Crippen molar-refractivity contribution in [3.8, 4) is 22.8 Å². The molecule has 2 atom stereocenters. The molecule has 228 valence electrons. The fraction of sp³-hybridized carbons (Fsp3) is 0.194. The van der Waals surface area contributed by atoms with Gasteiger partial charge < -0.3 is 20.1 Å². The van der Waals surface area contributed by atoms with E-state index < -0.39 is 17.5 Å². The van der Waals surface area contributed by atoms with Crippen molar-refractivity contribution >= 4 is 22.7 Å². The van der Waals surface area contributed by atoms with Crippen molar-refractivity contribution in [2.75, 3.05) is 6.54 Å². The van der Waals surface area contributed by atoms with Crippen LogP contribution in [0.25, 0.3) is 22.2 Å². The average Bonchev–Trinajstić information content (AvgIpc) is 3.40. The van der Waals surface area contributed by atoms with Crippen LogP contribution in [0.1, 0.15) is 30.0 Å². The van der Waals surface area contributed by atoms with Crippen LogP contribution in [0.2, 0.25) is 0 Å². The molecule has 9 heteroatoms. The quantitative estimate of drug-likeness (QED) is 0.145. The number of carbonyl (C=O) groups is 2. The standard InChI is InChI=1S/C36H34N4O5/c1-24(34(41)39-43)40-20-19-36(37,35(40)42)28-13-17-30(18-14-28)45-23-27-21-33(38-32-10-6-5-9-31(27)32)26-11-15-29(16-12-26)44-22-25-7-3-2-4-8-25/h2-18,21,24,43H,19-20,22-23,37H2,1H3,(H,39,41). The molecule has 9 nitrogen and oxygen atoms in total. The second kappa shape index (κ2) is 12.8. The zero-order valence-electron chi connectivity index (χ0n) is 24.9. The van der Waals surface area contributed by atoms with Crippen molar-refractivity contribution in [2.24, 2.45) is 5.73 Å². The molecule has 45 heavy (non-hydrogen) atoms. The zero-order valence-corrected chi connectivity index (χ0v) is 24.9. The first kappa shape index (κ1) is 29.8. The summed E-state index contributed by atoms with van der Waals surface area (Å²) < 4.78 is 12.2. The number of ether oxygens (including phenoxy) is 2. The Labute approximate surface area is 261 Å². The summed E-state index contributed by atoms with van der Waals surface area (Å²) >= 11 is 0. The fourth-order valence-electron chi connectivity index (χ4n) is 5.62. The highest BCUT2D eigenvalue weighted by molar-refractivity contribution is 5.94. The number of benzene rings is 4. The number of nitrogens with zero attached hydrogens (tertiary/aromatic N) is 2. The van der Waals surface area contributed by atoms with Gasteiger partial charge in [-0.15, -0.1) is 0 Å². The molecule has 2 unspecified atom stereocenters. The molecular weight excluding hydrogens is 568 g/mol. The smallest absolute Gasteiger partial charge is 0.265 e. The second-order valence-electron chi connectivity index (χ2n) is 11.2. The number of para-hydroxylation sites is 1. The summed E-state index contributed by atoms with van der Waals surface area (Å²) in [6.45, 7) is 2.67. The van der Waals surface area contributed by atoms with Gasteiger partial charge in [-0.1, -0.05) is 60.7 Å². The van der Waals surface area contributed by atoms with E-state index >= 15 is 0 Å². The molecule has 1 aliphatic heterocycles. The molecular formula is C36H34N4O5. The van der Waals surface area contributed by atoms with E-state index in [9.17, 15) is 9.59 Å². The third-order valence-corrected chi connectivity index (χ3v) is 8.31. The number of pyridine rings is 1. The Morgan fingerprint density at radius 1 is 0.933 bits per heavy atom. The highest BCUT2D eigenvalue weighted by Gasteiger charge is 2.47. The third-order valence-electron chi connectivity index (χ3n) is 8.31. The average molecular weight is 603 g/mol. The van der Waals surface area contributed by atoms with Crippen molar-refractivity contribution in [3.05, 3.63) is 126 Å². The highest BCUT2D eigenvalue weighted by atomic mass is 16.5. The molecule has 1 aromatic heterocycles. The first-order valence-electron chi connectivity index (χ1n) is 14.8. The monoisotopic (exact) mass is 602 g/mol. The number of fused-ring (bicyclic) bond motifs is 1. The lowest BCUT2D eigenvalue weighted by atomic mass is 9.89. The van der Waals surface area contributed by atoms with Crippen LogP contribution in [0.4, 0.5) is 0 Å². The van der Waals surface area contributed by atoms with E-state index in [-0.39, 0.29) is 5.91 Å². The molecule has 5 aromatic rings. The van der Waals surface area contributed by atoms with E-state index in [1.54, 1.807) is 36.7 Å². The van der Waals surface area contributed by atoms with E-state index in [1.165, 1.54) is 4.90 Å². The number of rotatable bonds is 10. The summed E-state index contributed by atoms with van der Waals surface area (Å²) in [4.78, 5) is 31.3. The van der Waals surface area contributed by atoms with Crippen LogP contribution in [0.5, 0.6) is 11.5 Å². The van der Waals surface area contributed by atoms with Gasteiger partial charge in [-0.3, -0.25) is 14.8 Å². The third kappa shape index (κ3) is 6.22. The van der Waals surface area contributed by atoms with Crippen molar-refractivity contribution in [3.63, 3.8) is 0 Å². The van der Waals surface area contributed by atoms with Crippen LogP contribution in [0.15, 0.2) is 109 Å². The van der Waals surface area contributed by atoms with Crippen LogP contribution < -0.4 is 20.7 Å². The van der Waals surface area contributed by atoms with Gasteiger partial charge in [-0.2, -0.15) is 0 Å². The van der Waals surface area contributed by atoms with Crippen LogP contribution in [0, 0.1) is 0 Å². The Morgan fingerprint density at radius 3 is 2.29 bits per heavy atom. The molecule has 0 aliphatic carbocycles. The number of hydrogen-bond donors (Lipinski definition) is 3. The van der Waals surface area contributed by atoms with Crippen molar-refractivity contribution < 1.29 is 24.3 Å². The second-order valence-corrected chi connectivity index (χ2v) is 11.2. The SMILES string of the molecule is CC(C(=O)NO)N1CCC(N)(c2ccc(OCc3cc(-c4ccc(OCc5ccccc5)cc4)nc4ccccc34)cc2)C1=O. The molecule has 0 radical (unpaired) electrons. The lowest BCUT2D eigenvalue weighted by Gasteiger charge is -2.27. The summed E-state index contributed by atoms with van der Waals surface area (Å²) in [5.74, 6) is 0.388. The number of hydroxylamine groups is 1. The molecule has 6 rings (SSSR count). The summed E-state index contributed by atoms with van der Waals surface area (Å²) in [6, 6.07) is 34.3. The van der Waals surface area contributed by atoms with Gasteiger partial charge >= 0.3 is 0 Å². The Bertz CT molecular complexity index is 1810. The number of likely N-dealkylation sites (tertiary alicyclic amines) is 1. The highest BCUT2D eigenvalue weighted by Crippen LogP contribution is 2.34. The molecule has 0 saturated carbocycles. The van der Waals surface area contributed by atoms with E-state index in [1.807, 2.05) is 84.9 Å². The Morgan fingerprint density at radius 2 is 1.58 bits per heavy atom. The molecule has 2 heterocycles. The van der Waals surface area contributed by atoms with Gasteiger partial charge in [0.15, 0.2) is 0 Å². The summed E-state index contributed by atoms with van der Waals surface area (Å²) in [5.41, 5.74) is 12.3. The number of nitrogens with two attached hydrogens (primary N) is 1. The minimum atomic E-state index is -1.26.